The standard InChI is InChI=1S/C55H33N7S/c1-3-14-34(15-4-1)53-58-54(35-16-5-2-6-17-35)60-55(59-53)36-18-13-19-38(32-36)61-45-24-11-8-22-42(45)50-46(61)28-27-41-39-20-7-10-23-44(39)62(51(41)50)49-30-31-56-52(57-49)37-26-29-48-43(33-37)40-21-9-12-25-47(40)63-48/h1-33H. The van der Waals surface area contributed by atoms with Gasteiger partial charge in [0.1, 0.15) is 5.82 Å². The molecular weight excluding hydrogens is 791 g/mol. The lowest BCUT2D eigenvalue weighted by molar-refractivity contribution is 1.05. The molecule has 5 aromatic heterocycles. The van der Waals surface area contributed by atoms with Crippen LogP contribution in [0.3, 0.4) is 0 Å². The second kappa shape index (κ2) is 14.1. The third-order valence-electron chi connectivity index (χ3n) is 12.0. The first-order valence-corrected chi connectivity index (χ1v) is 21.7. The molecule has 0 spiro atoms. The third kappa shape index (κ3) is 5.69. The van der Waals surface area contributed by atoms with Crippen LogP contribution in [0.4, 0.5) is 0 Å². The van der Waals surface area contributed by atoms with Crippen LogP contribution in [-0.2, 0) is 0 Å². The summed E-state index contributed by atoms with van der Waals surface area (Å²) >= 11 is 1.81. The highest BCUT2D eigenvalue weighted by molar-refractivity contribution is 7.25. The van der Waals surface area contributed by atoms with Crippen molar-refractivity contribution in [3.8, 4) is 57.1 Å². The fourth-order valence-electron chi connectivity index (χ4n) is 9.22. The Morgan fingerprint density at radius 2 is 0.952 bits per heavy atom. The van der Waals surface area contributed by atoms with Crippen molar-refractivity contribution < 1.29 is 0 Å². The first kappa shape index (κ1) is 35.4. The number of nitrogens with zero attached hydrogens (tertiary/aromatic N) is 7. The van der Waals surface area contributed by atoms with Crippen LogP contribution < -0.4 is 0 Å². The van der Waals surface area contributed by atoms with E-state index in [1.54, 1.807) is 0 Å². The zero-order valence-corrected chi connectivity index (χ0v) is 34.4. The van der Waals surface area contributed by atoms with Gasteiger partial charge >= 0.3 is 0 Å². The molecule has 0 saturated carbocycles. The van der Waals surface area contributed by atoms with E-state index in [1.165, 1.54) is 20.2 Å². The van der Waals surface area contributed by atoms with Gasteiger partial charge in [-0.2, -0.15) is 0 Å². The van der Waals surface area contributed by atoms with Crippen molar-refractivity contribution in [2.45, 2.75) is 0 Å². The number of benzene rings is 8. The predicted molar refractivity (Wildman–Crippen MR) is 259 cm³/mol. The van der Waals surface area contributed by atoms with Gasteiger partial charge in [0.2, 0.25) is 0 Å². The monoisotopic (exact) mass is 823 g/mol. The fraction of sp³-hybridized carbons (Fsp3) is 0. The molecule has 0 unspecified atom stereocenters. The van der Waals surface area contributed by atoms with Gasteiger partial charge in [-0.05, 0) is 60.7 Å². The quantitative estimate of drug-likeness (QED) is 0.167. The van der Waals surface area contributed by atoms with Gasteiger partial charge in [-0.25, -0.2) is 24.9 Å². The van der Waals surface area contributed by atoms with Gasteiger partial charge in [0, 0.05) is 75.9 Å². The number of para-hydroxylation sites is 2. The van der Waals surface area contributed by atoms with E-state index in [0.29, 0.717) is 23.3 Å². The molecule has 0 saturated heterocycles. The lowest BCUT2D eigenvalue weighted by Crippen LogP contribution is -2.01. The number of aromatic nitrogens is 7. The number of hydrogen-bond acceptors (Lipinski definition) is 6. The van der Waals surface area contributed by atoms with Crippen LogP contribution in [0.5, 0.6) is 0 Å². The van der Waals surface area contributed by atoms with E-state index in [0.717, 1.165) is 77.4 Å². The molecule has 8 aromatic carbocycles. The van der Waals surface area contributed by atoms with Gasteiger partial charge in [-0.3, -0.25) is 4.57 Å². The molecule has 0 aliphatic rings. The molecule has 0 aliphatic carbocycles. The summed E-state index contributed by atoms with van der Waals surface area (Å²) in [5.41, 5.74) is 9.12. The van der Waals surface area contributed by atoms with E-state index in [1.807, 2.05) is 84.3 Å². The Hall–Kier alpha value is -8.33. The van der Waals surface area contributed by atoms with Crippen molar-refractivity contribution in [1.82, 2.24) is 34.1 Å². The second-order valence-electron chi connectivity index (χ2n) is 15.7. The Kier molecular flexibility index (Phi) is 7.94. The van der Waals surface area contributed by atoms with Gasteiger partial charge in [-0.15, -0.1) is 11.3 Å². The lowest BCUT2D eigenvalue weighted by atomic mass is 10.1. The lowest BCUT2D eigenvalue weighted by Gasteiger charge is -2.12. The van der Waals surface area contributed by atoms with Crippen molar-refractivity contribution in [2.75, 3.05) is 0 Å². The molecule has 0 aliphatic heterocycles. The minimum absolute atomic E-state index is 0.610. The van der Waals surface area contributed by atoms with Crippen molar-refractivity contribution in [3.63, 3.8) is 0 Å². The summed E-state index contributed by atoms with van der Waals surface area (Å²) in [5.74, 6) is 3.37. The van der Waals surface area contributed by atoms with Crippen LogP contribution in [0, 0.1) is 0 Å². The molecule has 0 atom stereocenters. The van der Waals surface area contributed by atoms with Crippen LogP contribution in [-0.4, -0.2) is 34.1 Å². The topological polar surface area (TPSA) is 74.3 Å². The van der Waals surface area contributed by atoms with Crippen LogP contribution in [0.15, 0.2) is 200 Å². The Labute approximate surface area is 364 Å². The number of thiophene rings is 1. The highest BCUT2D eigenvalue weighted by Crippen LogP contribution is 2.43. The Balaban J connectivity index is 1.02. The average Bonchev–Trinajstić information content (AvgIpc) is 4.02. The van der Waals surface area contributed by atoms with Gasteiger partial charge in [-0.1, -0.05) is 133 Å². The number of hydrogen-bond donors (Lipinski definition) is 0. The van der Waals surface area contributed by atoms with E-state index < -0.39 is 0 Å². The van der Waals surface area contributed by atoms with Crippen LogP contribution >= 0.6 is 11.3 Å². The third-order valence-corrected chi connectivity index (χ3v) is 13.2. The summed E-state index contributed by atoms with van der Waals surface area (Å²) in [7, 11) is 0. The molecule has 13 rings (SSSR count). The van der Waals surface area contributed by atoms with E-state index in [4.69, 9.17) is 24.9 Å². The summed E-state index contributed by atoms with van der Waals surface area (Å²) in [6.45, 7) is 0. The summed E-state index contributed by atoms with van der Waals surface area (Å²) in [4.78, 5) is 25.3. The largest absolute Gasteiger partial charge is 0.309 e. The molecule has 0 radical (unpaired) electrons. The van der Waals surface area contributed by atoms with Gasteiger partial charge in [0.15, 0.2) is 23.3 Å². The van der Waals surface area contributed by atoms with E-state index in [2.05, 4.69) is 137 Å². The predicted octanol–water partition coefficient (Wildman–Crippen LogP) is 13.9. The molecule has 8 heteroatoms. The minimum Gasteiger partial charge on any atom is -0.309 e. The summed E-state index contributed by atoms with van der Waals surface area (Å²) in [6.07, 6.45) is 1.89. The van der Waals surface area contributed by atoms with Gasteiger partial charge in [0.05, 0.1) is 22.1 Å². The van der Waals surface area contributed by atoms with Crippen LogP contribution in [0.2, 0.25) is 0 Å². The molecule has 13 aromatic rings. The minimum atomic E-state index is 0.610. The zero-order valence-electron chi connectivity index (χ0n) is 33.6. The maximum Gasteiger partial charge on any atom is 0.164 e. The Bertz CT molecular complexity index is 3870. The van der Waals surface area contributed by atoms with E-state index >= 15 is 0 Å². The molecule has 63 heavy (non-hydrogen) atoms. The van der Waals surface area contributed by atoms with E-state index in [9.17, 15) is 0 Å². The molecule has 0 bridgehead atoms. The first-order valence-electron chi connectivity index (χ1n) is 20.9. The van der Waals surface area contributed by atoms with Gasteiger partial charge < -0.3 is 4.57 Å². The SMILES string of the molecule is c1ccc(-c2nc(-c3ccccc3)nc(-c3cccc(-n4c5ccccc5c5c4ccc4c6ccccc6n(-c6ccnc(-c7ccc8sc9ccccc9c8c7)n6)c45)c3)n2)cc1. The van der Waals surface area contributed by atoms with Crippen molar-refractivity contribution in [2.24, 2.45) is 0 Å². The Morgan fingerprint density at radius 1 is 0.349 bits per heavy atom. The highest BCUT2D eigenvalue weighted by atomic mass is 32.1. The van der Waals surface area contributed by atoms with Crippen molar-refractivity contribution >= 4 is 75.1 Å². The molecule has 5 heterocycles. The smallest absolute Gasteiger partial charge is 0.164 e. The maximum absolute atomic E-state index is 5.34. The van der Waals surface area contributed by atoms with Crippen LogP contribution in [0.1, 0.15) is 0 Å². The molecule has 0 fully saturated rings. The number of fused-ring (bicyclic) bond motifs is 10. The average molecular weight is 824 g/mol. The van der Waals surface area contributed by atoms with Crippen molar-refractivity contribution in [3.05, 3.63) is 200 Å². The highest BCUT2D eigenvalue weighted by Gasteiger charge is 2.22. The van der Waals surface area contributed by atoms with E-state index in [-0.39, 0.29) is 0 Å². The normalized spacial score (nSPS) is 11.8. The molecule has 294 valence electrons. The second-order valence-corrected chi connectivity index (χ2v) is 16.8. The van der Waals surface area contributed by atoms with Gasteiger partial charge in [0.25, 0.3) is 0 Å². The van der Waals surface area contributed by atoms with Crippen molar-refractivity contribution in [1.29, 1.82) is 0 Å². The summed E-state index contributed by atoms with van der Waals surface area (Å²) < 4.78 is 7.22. The fourth-order valence-corrected chi connectivity index (χ4v) is 10.3. The Morgan fingerprint density at radius 3 is 1.71 bits per heavy atom. The molecule has 7 nitrogen and oxygen atoms in total. The zero-order chi connectivity index (χ0) is 41.4. The number of rotatable bonds is 6. The summed E-state index contributed by atoms with van der Waals surface area (Å²) in [5, 5.41) is 7.10. The summed E-state index contributed by atoms with van der Waals surface area (Å²) in [6, 6.07) is 67.7. The molecule has 0 N–H and O–H groups in total. The molecular formula is C55H33N7S. The first-order chi connectivity index (χ1) is 31.2. The maximum atomic E-state index is 5.34. The molecule has 0 amide bonds. The van der Waals surface area contributed by atoms with Crippen LogP contribution in [0.25, 0.3) is 121 Å².